The highest BCUT2D eigenvalue weighted by atomic mass is 14.9. The van der Waals surface area contributed by atoms with Crippen LogP contribution in [0.4, 0.5) is 0 Å². The van der Waals surface area contributed by atoms with Crippen LogP contribution in [0.3, 0.4) is 0 Å². The van der Waals surface area contributed by atoms with Crippen molar-refractivity contribution in [2.24, 2.45) is 5.73 Å². The Morgan fingerprint density at radius 3 is 3.08 bits per heavy atom. The first-order chi connectivity index (χ1) is 5.93. The largest absolute Gasteiger partial charge is 0.330 e. The highest BCUT2D eigenvalue weighted by Gasteiger charge is 2.09. The molecule has 0 aromatic carbocycles. The maximum Gasteiger partial charge on any atom is 0.00796 e. The Bertz CT molecular complexity index is 97.9. The fourth-order valence-electron chi connectivity index (χ4n) is 1.63. The van der Waals surface area contributed by atoms with Gasteiger partial charge in [-0.3, -0.25) is 0 Å². The van der Waals surface area contributed by atoms with E-state index in [1.165, 1.54) is 32.4 Å². The third-order valence-electron chi connectivity index (χ3n) is 2.39. The molecular weight excluding hydrogens is 150 g/mol. The first-order valence-electron chi connectivity index (χ1n) is 5.07. The third-order valence-corrected chi connectivity index (χ3v) is 2.39. The second-order valence-corrected chi connectivity index (χ2v) is 3.47. The number of rotatable bonds is 4. The minimum Gasteiger partial charge on any atom is -0.330 e. The van der Waals surface area contributed by atoms with Crippen LogP contribution in [0.1, 0.15) is 25.7 Å². The predicted molar refractivity (Wildman–Crippen MR) is 52.2 cm³/mol. The molecule has 12 heavy (non-hydrogen) atoms. The number of hydrogen-bond donors (Lipinski definition) is 3. The molecule has 1 atom stereocenters. The zero-order chi connectivity index (χ0) is 8.65. The van der Waals surface area contributed by atoms with E-state index in [1.54, 1.807) is 0 Å². The lowest BCUT2D eigenvalue weighted by molar-refractivity contribution is 0.466. The Morgan fingerprint density at radius 1 is 1.33 bits per heavy atom. The summed E-state index contributed by atoms with van der Waals surface area (Å²) in [5.41, 5.74) is 5.42. The summed E-state index contributed by atoms with van der Waals surface area (Å²) in [6.45, 7) is 4.24. The molecule has 0 amide bonds. The van der Waals surface area contributed by atoms with Crippen LogP contribution in [0.25, 0.3) is 0 Å². The average molecular weight is 171 g/mol. The fourth-order valence-corrected chi connectivity index (χ4v) is 1.63. The van der Waals surface area contributed by atoms with Gasteiger partial charge in [-0.2, -0.15) is 0 Å². The molecule has 1 saturated heterocycles. The normalized spacial score (nSPS) is 25.2. The Labute approximate surface area is 75.1 Å². The summed E-state index contributed by atoms with van der Waals surface area (Å²) in [5, 5.41) is 6.95. The van der Waals surface area contributed by atoms with Crippen molar-refractivity contribution in [3.8, 4) is 0 Å². The number of nitrogens with two attached hydrogens (primary N) is 1. The van der Waals surface area contributed by atoms with Gasteiger partial charge in [0.15, 0.2) is 0 Å². The van der Waals surface area contributed by atoms with Crippen LogP contribution in [-0.2, 0) is 0 Å². The van der Waals surface area contributed by atoms with E-state index >= 15 is 0 Å². The highest BCUT2D eigenvalue weighted by Crippen LogP contribution is 2.04. The van der Waals surface area contributed by atoms with Crippen molar-refractivity contribution in [1.29, 1.82) is 0 Å². The maximum atomic E-state index is 5.42. The van der Waals surface area contributed by atoms with E-state index in [0.29, 0.717) is 0 Å². The van der Waals surface area contributed by atoms with Crippen LogP contribution in [0, 0.1) is 0 Å². The van der Waals surface area contributed by atoms with Crippen LogP contribution in [0.2, 0.25) is 0 Å². The molecule has 1 aliphatic rings. The van der Waals surface area contributed by atoms with Gasteiger partial charge < -0.3 is 16.4 Å². The van der Waals surface area contributed by atoms with E-state index in [1.807, 2.05) is 0 Å². The Morgan fingerprint density at radius 2 is 2.25 bits per heavy atom. The second kappa shape index (κ2) is 6.40. The molecule has 1 fully saturated rings. The molecular formula is C9H21N3. The van der Waals surface area contributed by atoms with Gasteiger partial charge in [-0.1, -0.05) is 0 Å². The summed E-state index contributed by atoms with van der Waals surface area (Å²) in [7, 11) is 0. The van der Waals surface area contributed by atoms with E-state index in [9.17, 15) is 0 Å². The summed E-state index contributed by atoms with van der Waals surface area (Å²) in [6.07, 6.45) is 4.99. The van der Waals surface area contributed by atoms with E-state index in [2.05, 4.69) is 10.6 Å². The van der Waals surface area contributed by atoms with Crippen molar-refractivity contribution in [2.75, 3.05) is 26.2 Å². The minimum atomic E-state index is 0.728. The molecule has 1 rings (SSSR count). The van der Waals surface area contributed by atoms with Crippen molar-refractivity contribution in [1.82, 2.24) is 10.6 Å². The summed E-state index contributed by atoms with van der Waals surface area (Å²) in [5.74, 6) is 0. The van der Waals surface area contributed by atoms with Crippen LogP contribution < -0.4 is 16.4 Å². The van der Waals surface area contributed by atoms with Gasteiger partial charge in [-0.15, -0.1) is 0 Å². The minimum absolute atomic E-state index is 0.728. The first kappa shape index (κ1) is 9.96. The smallest absolute Gasteiger partial charge is 0.00796 e. The molecule has 3 nitrogen and oxygen atoms in total. The predicted octanol–water partition coefficient (Wildman–Crippen LogP) is 0.0669. The standard InChI is InChI=1S/C9H21N3/c10-5-2-7-12-9-3-1-6-11-8-4-9/h9,11-12H,1-8,10H2. The lowest BCUT2D eigenvalue weighted by atomic mass is 10.1. The van der Waals surface area contributed by atoms with Gasteiger partial charge in [0.05, 0.1) is 0 Å². The lowest BCUT2D eigenvalue weighted by Crippen LogP contribution is -2.31. The van der Waals surface area contributed by atoms with Crippen molar-refractivity contribution in [2.45, 2.75) is 31.7 Å². The average Bonchev–Trinajstić information content (AvgIpc) is 2.33. The van der Waals surface area contributed by atoms with E-state index in [-0.39, 0.29) is 0 Å². The van der Waals surface area contributed by atoms with Crippen LogP contribution in [-0.4, -0.2) is 32.2 Å². The molecule has 1 unspecified atom stereocenters. The molecule has 0 saturated carbocycles. The quantitative estimate of drug-likeness (QED) is 0.525. The fraction of sp³-hybridized carbons (Fsp3) is 1.00. The number of hydrogen-bond acceptors (Lipinski definition) is 3. The summed E-state index contributed by atoms with van der Waals surface area (Å²) in [6, 6.07) is 0.728. The molecule has 1 aliphatic heterocycles. The molecule has 0 bridgehead atoms. The Balaban J connectivity index is 2.04. The molecule has 4 N–H and O–H groups in total. The monoisotopic (exact) mass is 171 g/mol. The van der Waals surface area contributed by atoms with Gasteiger partial charge >= 0.3 is 0 Å². The first-order valence-corrected chi connectivity index (χ1v) is 5.07. The van der Waals surface area contributed by atoms with Crippen LogP contribution in [0.5, 0.6) is 0 Å². The summed E-state index contributed by atoms with van der Waals surface area (Å²) >= 11 is 0. The maximum absolute atomic E-state index is 5.42. The summed E-state index contributed by atoms with van der Waals surface area (Å²) in [4.78, 5) is 0. The van der Waals surface area contributed by atoms with E-state index < -0.39 is 0 Å². The van der Waals surface area contributed by atoms with Crippen molar-refractivity contribution in [3.63, 3.8) is 0 Å². The molecule has 0 aromatic rings. The van der Waals surface area contributed by atoms with Gasteiger partial charge in [-0.25, -0.2) is 0 Å². The topological polar surface area (TPSA) is 50.1 Å². The molecule has 0 aromatic heterocycles. The van der Waals surface area contributed by atoms with E-state index in [0.717, 1.165) is 25.6 Å². The van der Waals surface area contributed by atoms with Crippen LogP contribution >= 0.6 is 0 Å². The van der Waals surface area contributed by atoms with Crippen molar-refractivity contribution >= 4 is 0 Å². The second-order valence-electron chi connectivity index (χ2n) is 3.47. The Kier molecular flexibility index (Phi) is 5.32. The van der Waals surface area contributed by atoms with Gasteiger partial charge in [0, 0.05) is 6.04 Å². The summed E-state index contributed by atoms with van der Waals surface area (Å²) < 4.78 is 0. The van der Waals surface area contributed by atoms with Gasteiger partial charge in [0.2, 0.25) is 0 Å². The van der Waals surface area contributed by atoms with Gasteiger partial charge in [0.25, 0.3) is 0 Å². The lowest BCUT2D eigenvalue weighted by Gasteiger charge is -2.14. The molecule has 1 heterocycles. The molecule has 0 spiro atoms. The molecule has 3 heteroatoms. The van der Waals surface area contributed by atoms with Crippen LogP contribution in [0.15, 0.2) is 0 Å². The molecule has 0 aliphatic carbocycles. The SMILES string of the molecule is NCCCNC1CCCNCC1. The molecule has 72 valence electrons. The third kappa shape index (κ3) is 4.04. The zero-order valence-electron chi connectivity index (χ0n) is 7.81. The van der Waals surface area contributed by atoms with E-state index in [4.69, 9.17) is 5.73 Å². The van der Waals surface area contributed by atoms with Crippen molar-refractivity contribution in [3.05, 3.63) is 0 Å². The van der Waals surface area contributed by atoms with Crippen molar-refractivity contribution < 1.29 is 0 Å². The zero-order valence-corrected chi connectivity index (χ0v) is 7.81. The number of nitrogens with one attached hydrogen (secondary N) is 2. The molecule has 0 radical (unpaired) electrons. The van der Waals surface area contributed by atoms with Gasteiger partial charge in [0.1, 0.15) is 0 Å². The van der Waals surface area contributed by atoms with Gasteiger partial charge in [-0.05, 0) is 51.9 Å². The Hall–Kier alpha value is -0.120. The highest BCUT2D eigenvalue weighted by molar-refractivity contribution is 4.72.